The number of aromatic nitrogens is 2. The average molecular weight is 197 g/mol. The zero-order valence-electron chi connectivity index (χ0n) is 8.61. The average Bonchev–Trinajstić information content (AvgIpc) is 2.51. The van der Waals surface area contributed by atoms with E-state index in [1.165, 1.54) is 0 Å². The summed E-state index contributed by atoms with van der Waals surface area (Å²) < 4.78 is 1.66. The van der Waals surface area contributed by atoms with E-state index in [0.717, 1.165) is 5.56 Å². The number of nitrogens with zero attached hydrogens (tertiary/aromatic N) is 2. The van der Waals surface area contributed by atoms with Crippen molar-refractivity contribution in [1.82, 2.24) is 15.1 Å². The quantitative estimate of drug-likeness (QED) is 0.730. The van der Waals surface area contributed by atoms with Crippen molar-refractivity contribution in [2.24, 2.45) is 7.05 Å². The molecule has 78 valence electrons. The lowest BCUT2D eigenvalue weighted by molar-refractivity contribution is -0.138. The molecule has 0 aliphatic rings. The van der Waals surface area contributed by atoms with Crippen LogP contribution in [0.1, 0.15) is 18.9 Å². The smallest absolute Gasteiger partial charge is 0.305 e. The Morgan fingerprint density at radius 3 is 2.79 bits per heavy atom. The fraction of sp³-hybridized carbons (Fsp3) is 0.556. The van der Waals surface area contributed by atoms with Gasteiger partial charge in [0.05, 0.1) is 18.2 Å². The molecule has 1 unspecified atom stereocenters. The molecule has 5 nitrogen and oxygen atoms in total. The monoisotopic (exact) mass is 197 g/mol. The van der Waals surface area contributed by atoms with E-state index in [4.69, 9.17) is 5.11 Å². The maximum atomic E-state index is 10.7. The highest BCUT2D eigenvalue weighted by Crippen LogP contribution is 2.23. The third-order valence-electron chi connectivity index (χ3n) is 2.40. The summed E-state index contributed by atoms with van der Waals surface area (Å²) in [5, 5.41) is 15.8. The normalized spacial score (nSPS) is 15.1. The molecule has 0 bridgehead atoms. The number of hydrogen-bond acceptors (Lipinski definition) is 3. The Hall–Kier alpha value is -1.36. The van der Waals surface area contributed by atoms with Crippen LogP contribution in [0.4, 0.5) is 0 Å². The van der Waals surface area contributed by atoms with Crippen LogP contribution in [0.25, 0.3) is 0 Å². The molecule has 0 amide bonds. The van der Waals surface area contributed by atoms with Crippen LogP contribution < -0.4 is 5.32 Å². The molecule has 14 heavy (non-hydrogen) atoms. The van der Waals surface area contributed by atoms with Crippen molar-refractivity contribution in [3.05, 3.63) is 18.0 Å². The molecule has 1 rings (SSSR count). The standard InChI is InChI=1S/C9H15N3O2/c1-9(10-2,4-8(13)14)7-5-11-12(3)6-7/h5-6,10H,4H2,1-3H3,(H,13,14). The fourth-order valence-corrected chi connectivity index (χ4v) is 1.34. The van der Waals surface area contributed by atoms with Crippen molar-refractivity contribution in [2.75, 3.05) is 7.05 Å². The molecule has 1 heterocycles. The maximum Gasteiger partial charge on any atom is 0.305 e. The van der Waals surface area contributed by atoms with Crippen LogP contribution in [-0.2, 0) is 17.4 Å². The van der Waals surface area contributed by atoms with E-state index in [-0.39, 0.29) is 6.42 Å². The Balaban J connectivity index is 2.94. The first-order valence-corrected chi connectivity index (χ1v) is 4.38. The van der Waals surface area contributed by atoms with Gasteiger partial charge in [-0.3, -0.25) is 9.48 Å². The molecule has 2 N–H and O–H groups in total. The van der Waals surface area contributed by atoms with Gasteiger partial charge in [-0.2, -0.15) is 5.10 Å². The first-order chi connectivity index (χ1) is 6.48. The van der Waals surface area contributed by atoms with Crippen LogP contribution in [0.2, 0.25) is 0 Å². The Kier molecular flexibility index (Phi) is 2.90. The second-order valence-electron chi connectivity index (χ2n) is 3.56. The first-order valence-electron chi connectivity index (χ1n) is 4.38. The molecule has 0 radical (unpaired) electrons. The molecule has 0 aliphatic heterocycles. The molecule has 0 spiro atoms. The summed E-state index contributed by atoms with van der Waals surface area (Å²) in [6.07, 6.45) is 3.54. The minimum Gasteiger partial charge on any atom is -0.481 e. The number of aryl methyl sites for hydroxylation is 1. The molecule has 1 atom stereocenters. The lowest BCUT2D eigenvalue weighted by atomic mass is 9.91. The molecule has 0 fully saturated rings. The van der Waals surface area contributed by atoms with Crippen LogP contribution in [0.3, 0.4) is 0 Å². The summed E-state index contributed by atoms with van der Waals surface area (Å²) in [6.45, 7) is 1.85. The Labute approximate surface area is 82.7 Å². The highest BCUT2D eigenvalue weighted by molar-refractivity contribution is 5.68. The Morgan fingerprint density at radius 1 is 1.79 bits per heavy atom. The van der Waals surface area contributed by atoms with Gasteiger partial charge in [0, 0.05) is 18.8 Å². The van der Waals surface area contributed by atoms with Gasteiger partial charge in [0.2, 0.25) is 0 Å². The topological polar surface area (TPSA) is 67.2 Å². The number of hydrogen-bond donors (Lipinski definition) is 2. The molecule has 1 aromatic rings. The van der Waals surface area contributed by atoms with Crippen molar-refractivity contribution in [1.29, 1.82) is 0 Å². The number of nitrogens with one attached hydrogen (secondary N) is 1. The summed E-state index contributed by atoms with van der Waals surface area (Å²) >= 11 is 0. The molecule has 1 aromatic heterocycles. The minimum atomic E-state index is -0.828. The number of carbonyl (C=O) groups is 1. The van der Waals surface area contributed by atoms with E-state index in [2.05, 4.69) is 10.4 Å². The third kappa shape index (κ3) is 2.11. The van der Waals surface area contributed by atoms with Gasteiger partial charge in [-0.05, 0) is 14.0 Å². The number of carboxylic acids is 1. The lowest BCUT2D eigenvalue weighted by Crippen LogP contribution is -2.38. The van der Waals surface area contributed by atoms with E-state index < -0.39 is 11.5 Å². The van der Waals surface area contributed by atoms with Crippen LogP contribution in [0, 0.1) is 0 Å². The molecule has 5 heteroatoms. The van der Waals surface area contributed by atoms with Gasteiger partial charge in [0.15, 0.2) is 0 Å². The van der Waals surface area contributed by atoms with Crippen LogP contribution in [-0.4, -0.2) is 27.9 Å². The van der Waals surface area contributed by atoms with Crippen molar-refractivity contribution < 1.29 is 9.90 Å². The summed E-state index contributed by atoms with van der Waals surface area (Å²) in [4.78, 5) is 10.7. The second-order valence-corrected chi connectivity index (χ2v) is 3.56. The zero-order valence-corrected chi connectivity index (χ0v) is 8.61. The largest absolute Gasteiger partial charge is 0.481 e. The zero-order chi connectivity index (χ0) is 10.8. The van der Waals surface area contributed by atoms with E-state index in [1.54, 1.807) is 25.0 Å². The van der Waals surface area contributed by atoms with Gasteiger partial charge in [0.1, 0.15) is 0 Å². The van der Waals surface area contributed by atoms with E-state index >= 15 is 0 Å². The van der Waals surface area contributed by atoms with E-state index in [0.29, 0.717) is 0 Å². The summed E-state index contributed by atoms with van der Waals surface area (Å²) in [5.74, 6) is -0.828. The Morgan fingerprint density at radius 2 is 2.43 bits per heavy atom. The molecule has 0 aliphatic carbocycles. The number of carboxylic acid groups (broad SMARTS) is 1. The predicted octanol–water partition coefficient (Wildman–Crippen LogP) is 0.329. The van der Waals surface area contributed by atoms with Gasteiger partial charge in [-0.25, -0.2) is 0 Å². The van der Waals surface area contributed by atoms with Crippen molar-refractivity contribution in [3.8, 4) is 0 Å². The SMILES string of the molecule is CNC(C)(CC(=O)O)c1cnn(C)c1. The third-order valence-corrected chi connectivity index (χ3v) is 2.40. The summed E-state index contributed by atoms with van der Waals surface area (Å²) in [6, 6.07) is 0. The Bertz CT molecular complexity index is 335. The van der Waals surface area contributed by atoms with E-state index in [9.17, 15) is 4.79 Å². The van der Waals surface area contributed by atoms with Crippen molar-refractivity contribution in [2.45, 2.75) is 18.9 Å². The highest BCUT2D eigenvalue weighted by Gasteiger charge is 2.28. The fourth-order valence-electron chi connectivity index (χ4n) is 1.34. The molecule has 0 saturated carbocycles. The minimum absolute atomic E-state index is 0.0369. The van der Waals surface area contributed by atoms with Crippen LogP contribution in [0.15, 0.2) is 12.4 Å². The van der Waals surface area contributed by atoms with Gasteiger partial charge < -0.3 is 10.4 Å². The van der Waals surface area contributed by atoms with Gasteiger partial charge in [-0.1, -0.05) is 0 Å². The number of aliphatic carboxylic acids is 1. The lowest BCUT2D eigenvalue weighted by Gasteiger charge is -2.25. The van der Waals surface area contributed by atoms with Gasteiger partial charge in [-0.15, -0.1) is 0 Å². The summed E-state index contributed by atoms with van der Waals surface area (Å²) in [5.41, 5.74) is 0.324. The highest BCUT2D eigenvalue weighted by atomic mass is 16.4. The molecule has 0 aromatic carbocycles. The van der Waals surface area contributed by atoms with Crippen LogP contribution >= 0.6 is 0 Å². The summed E-state index contributed by atoms with van der Waals surface area (Å²) in [7, 11) is 3.55. The predicted molar refractivity (Wildman–Crippen MR) is 51.9 cm³/mol. The number of rotatable bonds is 4. The van der Waals surface area contributed by atoms with Crippen molar-refractivity contribution in [3.63, 3.8) is 0 Å². The van der Waals surface area contributed by atoms with Gasteiger partial charge >= 0.3 is 5.97 Å². The molecular formula is C9H15N3O2. The maximum absolute atomic E-state index is 10.7. The van der Waals surface area contributed by atoms with Crippen LogP contribution in [0.5, 0.6) is 0 Å². The second kappa shape index (κ2) is 3.79. The molecular weight excluding hydrogens is 182 g/mol. The van der Waals surface area contributed by atoms with Crippen molar-refractivity contribution >= 4 is 5.97 Å². The first kappa shape index (κ1) is 10.7. The van der Waals surface area contributed by atoms with Gasteiger partial charge in [0.25, 0.3) is 0 Å². The van der Waals surface area contributed by atoms with E-state index in [1.807, 2.05) is 13.1 Å². The molecule has 0 saturated heterocycles.